The standard InChI is InChI=1S/C30H31NO8/c1-34-12-14-37-18-21-16-20(29(32)36-3)17-22(19-38-15-13-35-2)28(21)39-30(33)27-23-8-4-6-10-25(23)31-26-11-7-5-9-24(26)27/h4-11,16-17H,12-15,18-19H2,1-3H3. The van der Waals surface area contributed by atoms with Crippen LogP contribution in [0, 0.1) is 0 Å². The number of rotatable bonds is 13. The Morgan fingerprint density at radius 1 is 0.692 bits per heavy atom. The highest BCUT2D eigenvalue weighted by Crippen LogP contribution is 2.32. The van der Waals surface area contributed by atoms with Gasteiger partial charge in [-0.2, -0.15) is 0 Å². The van der Waals surface area contributed by atoms with Gasteiger partial charge in [0.2, 0.25) is 0 Å². The van der Waals surface area contributed by atoms with E-state index in [-0.39, 0.29) is 24.5 Å². The number of esters is 2. The zero-order valence-corrected chi connectivity index (χ0v) is 22.2. The molecule has 0 fully saturated rings. The number of hydrogen-bond donors (Lipinski definition) is 0. The Balaban J connectivity index is 1.80. The Hall–Kier alpha value is -3.89. The second-order valence-electron chi connectivity index (χ2n) is 8.62. The molecule has 4 aromatic rings. The molecular formula is C30H31NO8. The molecule has 0 saturated heterocycles. The van der Waals surface area contributed by atoms with Crippen LogP contribution in [0.4, 0.5) is 0 Å². The number of methoxy groups -OCH3 is 3. The lowest BCUT2D eigenvalue weighted by Crippen LogP contribution is -2.16. The molecule has 4 rings (SSSR count). The summed E-state index contributed by atoms with van der Waals surface area (Å²) in [5.41, 5.74) is 3.02. The highest BCUT2D eigenvalue weighted by Gasteiger charge is 2.23. The summed E-state index contributed by atoms with van der Waals surface area (Å²) in [4.78, 5) is 31.1. The van der Waals surface area contributed by atoms with E-state index in [0.29, 0.717) is 64.9 Å². The van der Waals surface area contributed by atoms with E-state index in [0.717, 1.165) is 0 Å². The molecule has 1 heterocycles. The van der Waals surface area contributed by atoms with E-state index in [9.17, 15) is 9.59 Å². The van der Waals surface area contributed by atoms with Crippen molar-refractivity contribution >= 4 is 33.7 Å². The van der Waals surface area contributed by atoms with Crippen molar-refractivity contribution in [2.75, 3.05) is 47.8 Å². The van der Waals surface area contributed by atoms with Crippen LogP contribution >= 0.6 is 0 Å². The van der Waals surface area contributed by atoms with Gasteiger partial charge in [0, 0.05) is 36.1 Å². The maximum atomic E-state index is 13.9. The van der Waals surface area contributed by atoms with E-state index in [1.165, 1.54) is 7.11 Å². The second kappa shape index (κ2) is 13.8. The molecule has 0 amide bonds. The Bertz CT molecular complexity index is 1360. The maximum absolute atomic E-state index is 13.9. The van der Waals surface area contributed by atoms with Gasteiger partial charge >= 0.3 is 11.9 Å². The first kappa shape index (κ1) is 28.1. The molecule has 0 aliphatic heterocycles. The van der Waals surface area contributed by atoms with Crippen LogP contribution in [0.2, 0.25) is 0 Å². The number of ether oxygens (including phenoxy) is 6. The van der Waals surface area contributed by atoms with Crippen LogP contribution in [0.3, 0.4) is 0 Å². The summed E-state index contributed by atoms with van der Waals surface area (Å²) in [6, 6.07) is 18.0. The topological polar surface area (TPSA) is 102 Å². The van der Waals surface area contributed by atoms with Gasteiger partial charge in [0.25, 0.3) is 0 Å². The largest absolute Gasteiger partial charge is 0.465 e. The van der Waals surface area contributed by atoms with Crippen LogP contribution in [-0.2, 0) is 36.9 Å². The van der Waals surface area contributed by atoms with Crippen molar-refractivity contribution in [3.63, 3.8) is 0 Å². The molecule has 0 atom stereocenters. The Kier molecular flexibility index (Phi) is 9.93. The van der Waals surface area contributed by atoms with E-state index < -0.39 is 11.9 Å². The van der Waals surface area contributed by atoms with E-state index in [1.807, 2.05) is 48.5 Å². The molecule has 204 valence electrons. The van der Waals surface area contributed by atoms with Gasteiger partial charge < -0.3 is 28.4 Å². The zero-order chi connectivity index (χ0) is 27.6. The first-order valence-corrected chi connectivity index (χ1v) is 12.4. The van der Waals surface area contributed by atoms with Gasteiger partial charge in [-0.05, 0) is 24.3 Å². The van der Waals surface area contributed by atoms with Gasteiger partial charge in [0.15, 0.2) is 0 Å². The predicted molar refractivity (Wildman–Crippen MR) is 145 cm³/mol. The smallest absolute Gasteiger partial charge is 0.344 e. The first-order chi connectivity index (χ1) is 19.1. The number of carbonyl (C=O) groups excluding carboxylic acids is 2. The highest BCUT2D eigenvalue weighted by molar-refractivity contribution is 6.14. The fourth-order valence-corrected chi connectivity index (χ4v) is 4.19. The van der Waals surface area contributed by atoms with Crippen molar-refractivity contribution < 1.29 is 38.0 Å². The summed E-state index contributed by atoms with van der Waals surface area (Å²) in [5.74, 6) is -0.838. The van der Waals surface area contributed by atoms with Crippen LogP contribution in [0.5, 0.6) is 5.75 Å². The van der Waals surface area contributed by atoms with Crippen LogP contribution in [0.25, 0.3) is 21.8 Å². The summed E-state index contributed by atoms with van der Waals surface area (Å²) < 4.78 is 32.7. The molecule has 0 radical (unpaired) electrons. The normalized spacial score (nSPS) is 11.2. The number of hydrogen-bond acceptors (Lipinski definition) is 9. The molecule has 0 spiro atoms. The second-order valence-corrected chi connectivity index (χ2v) is 8.62. The first-order valence-electron chi connectivity index (χ1n) is 12.4. The molecule has 9 nitrogen and oxygen atoms in total. The number of nitrogens with zero attached hydrogens (tertiary/aromatic N) is 1. The summed E-state index contributed by atoms with van der Waals surface area (Å²) in [5, 5.41) is 1.34. The summed E-state index contributed by atoms with van der Waals surface area (Å²) in [7, 11) is 4.46. The minimum absolute atomic E-state index is 0.0692. The van der Waals surface area contributed by atoms with Crippen molar-refractivity contribution in [2.24, 2.45) is 0 Å². The Labute approximate surface area is 226 Å². The summed E-state index contributed by atoms with van der Waals surface area (Å²) in [6.45, 7) is 1.53. The molecule has 0 N–H and O–H groups in total. The van der Waals surface area contributed by atoms with Crippen LogP contribution in [0.15, 0.2) is 60.7 Å². The van der Waals surface area contributed by atoms with E-state index in [1.54, 1.807) is 26.4 Å². The number of benzene rings is 3. The van der Waals surface area contributed by atoms with Crippen molar-refractivity contribution in [1.82, 2.24) is 4.98 Å². The SMILES string of the molecule is COCCOCc1cc(C(=O)OC)cc(COCCOC)c1OC(=O)c1c2ccccc2nc2ccccc12. The molecule has 0 unspecified atom stereocenters. The molecular weight excluding hydrogens is 502 g/mol. The average molecular weight is 534 g/mol. The number of fused-ring (bicyclic) bond motifs is 2. The van der Waals surface area contributed by atoms with Gasteiger partial charge in [0.1, 0.15) is 5.75 Å². The predicted octanol–water partition coefficient (Wildman–Crippen LogP) is 4.72. The lowest BCUT2D eigenvalue weighted by Gasteiger charge is -2.18. The lowest BCUT2D eigenvalue weighted by atomic mass is 10.0. The minimum Gasteiger partial charge on any atom is -0.465 e. The molecule has 3 aromatic carbocycles. The average Bonchev–Trinajstić information content (AvgIpc) is 2.96. The molecule has 0 aliphatic carbocycles. The monoisotopic (exact) mass is 533 g/mol. The number of aromatic nitrogens is 1. The van der Waals surface area contributed by atoms with Crippen molar-refractivity contribution in [3.05, 3.63) is 82.9 Å². The molecule has 9 heteroatoms. The van der Waals surface area contributed by atoms with Crippen molar-refractivity contribution in [1.29, 1.82) is 0 Å². The zero-order valence-electron chi connectivity index (χ0n) is 22.2. The van der Waals surface area contributed by atoms with Gasteiger partial charge in [-0.25, -0.2) is 14.6 Å². The van der Waals surface area contributed by atoms with Crippen LogP contribution < -0.4 is 4.74 Å². The number of para-hydroxylation sites is 2. The lowest BCUT2D eigenvalue weighted by molar-refractivity contribution is 0.0544. The fraction of sp³-hybridized carbons (Fsp3) is 0.300. The third kappa shape index (κ3) is 6.76. The number of carbonyl (C=O) groups is 2. The minimum atomic E-state index is -0.563. The Morgan fingerprint density at radius 3 is 1.69 bits per heavy atom. The molecule has 0 bridgehead atoms. The molecule has 0 saturated carbocycles. The molecule has 39 heavy (non-hydrogen) atoms. The molecule has 1 aromatic heterocycles. The van der Waals surface area contributed by atoms with Crippen LogP contribution in [-0.4, -0.2) is 64.7 Å². The van der Waals surface area contributed by atoms with Gasteiger partial charge in [-0.15, -0.1) is 0 Å². The van der Waals surface area contributed by atoms with E-state index in [2.05, 4.69) is 0 Å². The number of pyridine rings is 1. The highest BCUT2D eigenvalue weighted by atomic mass is 16.5. The Morgan fingerprint density at radius 2 is 1.21 bits per heavy atom. The van der Waals surface area contributed by atoms with Crippen LogP contribution in [0.1, 0.15) is 31.8 Å². The van der Waals surface area contributed by atoms with Gasteiger partial charge in [-0.3, -0.25) is 0 Å². The maximum Gasteiger partial charge on any atom is 0.344 e. The third-order valence-corrected chi connectivity index (χ3v) is 6.03. The van der Waals surface area contributed by atoms with Gasteiger partial charge in [0.05, 0.1) is 68.9 Å². The van der Waals surface area contributed by atoms with Gasteiger partial charge in [-0.1, -0.05) is 36.4 Å². The summed E-state index contributed by atoms with van der Waals surface area (Å²) in [6.07, 6.45) is 0. The van der Waals surface area contributed by atoms with Crippen molar-refractivity contribution in [3.8, 4) is 5.75 Å². The molecule has 0 aliphatic rings. The quantitative estimate of drug-likeness (QED) is 0.105. The van der Waals surface area contributed by atoms with E-state index in [4.69, 9.17) is 33.4 Å². The fourth-order valence-electron chi connectivity index (χ4n) is 4.19. The third-order valence-electron chi connectivity index (χ3n) is 6.03. The van der Waals surface area contributed by atoms with Crippen molar-refractivity contribution in [2.45, 2.75) is 13.2 Å². The summed E-state index contributed by atoms with van der Waals surface area (Å²) >= 11 is 0. The van der Waals surface area contributed by atoms with E-state index >= 15 is 0 Å².